The van der Waals surface area contributed by atoms with Crippen LogP contribution in [0.5, 0.6) is 0 Å². The highest BCUT2D eigenvalue weighted by Gasteiger charge is 2.40. The third-order valence-electron chi connectivity index (χ3n) is 14.2. The third-order valence-corrected chi connectivity index (χ3v) is 14.2. The molecule has 0 unspecified atom stereocenters. The number of rotatable bonds is 4. The summed E-state index contributed by atoms with van der Waals surface area (Å²) in [5.74, 6) is 0. The van der Waals surface area contributed by atoms with E-state index in [9.17, 15) is 0 Å². The van der Waals surface area contributed by atoms with Gasteiger partial charge in [-0.1, -0.05) is 226 Å². The zero-order chi connectivity index (χ0) is 41.8. The molecule has 1 aliphatic rings. The van der Waals surface area contributed by atoms with E-state index in [0.717, 1.165) is 0 Å². The highest BCUT2D eigenvalue weighted by Crippen LogP contribution is 2.57. The fraction of sp³-hybridized carbons (Fsp3) is 0.0476. The average molecular weight is 799 g/mol. The average Bonchev–Trinajstić information content (AvgIpc) is 3.60. The molecule has 0 N–H and O–H groups in total. The summed E-state index contributed by atoms with van der Waals surface area (Å²) in [6, 6.07) is 81.5. The molecule has 0 atom stereocenters. The smallest absolute Gasteiger partial charge is 0.0171 e. The monoisotopic (exact) mass is 798 g/mol. The largest absolute Gasteiger partial charge is 0.0616 e. The lowest BCUT2D eigenvalue weighted by Gasteiger charge is -2.26. The summed E-state index contributed by atoms with van der Waals surface area (Å²) in [5.41, 5.74) is 15.4. The van der Waals surface area contributed by atoms with E-state index in [1.807, 2.05) is 0 Å². The molecule has 0 fully saturated rings. The van der Waals surface area contributed by atoms with Crippen LogP contribution in [0.2, 0.25) is 0 Å². The lowest BCUT2D eigenvalue weighted by Crippen LogP contribution is -2.17. The molecule has 0 amide bonds. The van der Waals surface area contributed by atoms with Gasteiger partial charge >= 0.3 is 0 Å². The van der Waals surface area contributed by atoms with E-state index in [0.29, 0.717) is 0 Å². The first-order chi connectivity index (χ1) is 31.1. The van der Waals surface area contributed by atoms with Crippen LogP contribution in [0.15, 0.2) is 218 Å². The van der Waals surface area contributed by atoms with Gasteiger partial charge in [0.2, 0.25) is 0 Å². The summed E-state index contributed by atoms with van der Waals surface area (Å²) in [7, 11) is 0. The van der Waals surface area contributed by atoms with Crippen LogP contribution in [0.4, 0.5) is 0 Å². The van der Waals surface area contributed by atoms with Crippen molar-refractivity contribution >= 4 is 64.6 Å². The second kappa shape index (κ2) is 13.6. The Kier molecular flexibility index (Phi) is 7.75. The van der Waals surface area contributed by atoms with E-state index >= 15 is 0 Å². The van der Waals surface area contributed by atoms with Crippen molar-refractivity contribution in [2.45, 2.75) is 19.3 Å². The Hall–Kier alpha value is -7.80. The minimum absolute atomic E-state index is 0.193. The molecule has 13 rings (SSSR count). The van der Waals surface area contributed by atoms with Crippen molar-refractivity contribution in [1.82, 2.24) is 0 Å². The number of benzene rings is 12. The van der Waals surface area contributed by atoms with Crippen molar-refractivity contribution in [3.8, 4) is 55.6 Å². The molecule has 0 spiro atoms. The molecule has 294 valence electrons. The number of fused-ring (bicyclic) bond motifs is 13. The Balaban J connectivity index is 0.992. The highest BCUT2D eigenvalue weighted by molar-refractivity contribution is 6.24. The predicted octanol–water partition coefficient (Wildman–Crippen LogP) is 17.6. The Bertz CT molecular complexity index is 3810. The van der Waals surface area contributed by atoms with Gasteiger partial charge < -0.3 is 0 Å². The van der Waals surface area contributed by atoms with Crippen LogP contribution >= 0.6 is 0 Å². The molecule has 0 radical (unpaired) electrons. The molecule has 63 heavy (non-hydrogen) atoms. The maximum atomic E-state index is 2.43. The van der Waals surface area contributed by atoms with Crippen molar-refractivity contribution in [2.75, 3.05) is 0 Å². The highest BCUT2D eigenvalue weighted by atomic mass is 14.4. The van der Waals surface area contributed by atoms with Gasteiger partial charge in [0.05, 0.1) is 0 Å². The fourth-order valence-electron chi connectivity index (χ4n) is 11.6. The van der Waals surface area contributed by atoms with Crippen molar-refractivity contribution in [3.05, 3.63) is 230 Å². The first-order valence-electron chi connectivity index (χ1n) is 22.2. The van der Waals surface area contributed by atoms with Crippen molar-refractivity contribution in [2.24, 2.45) is 0 Å². The van der Waals surface area contributed by atoms with E-state index in [1.165, 1.54) is 131 Å². The molecule has 0 nitrogen and oxygen atoms in total. The molecule has 12 aromatic carbocycles. The van der Waals surface area contributed by atoms with Crippen LogP contribution in [-0.4, -0.2) is 0 Å². The van der Waals surface area contributed by atoms with E-state index < -0.39 is 0 Å². The first-order valence-corrected chi connectivity index (χ1v) is 22.2. The normalized spacial score (nSPS) is 13.0. The summed E-state index contributed by atoms with van der Waals surface area (Å²) >= 11 is 0. The van der Waals surface area contributed by atoms with E-state index in [1.54, 1.807) is 0 Å². The summed E-state index contributed by atoms with van der Waals surface area (Å²) in [6.45, 7) is 4.86. The van der Waals surface area contributed by atoms with Gasteiger partial charge in [0.25, 0.3) is 0 Å². The molecule has 0 saturated heterocycles. The topological polar surface area (TPSA) is 0 Å². The quantitative estimate of drug-likeness (QED) is 0.123. The lowest BCUT2D eigenvalue weighted by atomic mass is 9.76. The van der Waals surface area contributed by atoms with Crippen molar-refractivity contribution < 1.29 is 0 Å². The number of hydrogen-bond acceptors (Lipinski definition) is 0. The van der Waals surface area contributed by atoms with Gasteiger partial charge in [-0.2, -0.15) is 0 Å². The molecule has 12 aromatic rings. The lowest BCUT2D eigenvalue weighted by molar-refractivity contribution is 0.668. The van der Waals surface area contributed by atoms with Crippen LogP contribution in [0.1, 0.15) is 25.0 Å². The number of hydrogen-bond donors (Lipinski definition) is 0. The zero-order valence-corrected chi connectivity index (χ0v) is 35.3. The van der Waals surface area contributed by atoms with Crippen LogP contribution in [0.3, 0.4) is 0 Å². The molecule has 0 aliphatic heterocycles. The van der Waals surface area contributed by atoms with E-state index in [-0.39, 0.29) is 5.41 Å². The molecular formula is C63H42. The van der Waals surface area contributed by atoms with Crippen LogP contribution < -0.4 is 0 Å². The molecule has 1 aliphatic carbocycles. The van der Waals surface area contributed by atoms with Crippen molar-refractivity contribution in [1.29, 1.82) is 0 Å². The molecule has 0 heteroatoms. The van der Waals surface area contributed by atoms with Gasteiger partial charge in [0.15, 0.2) is 0 Å². The molecule has 0 heterocycles. The van der Waals surface area contributed by atoms with Crippen molar-refractivity contribution in [3.63, 3.8) is 0 Å². The minimum atomic E-state index is -0.193. The first kappa shape index (κ1) is 35.9. The fourth-order valence-corrected chi connectivity index (χ4v) is 11.6. The van der Waals surface area contributed by atoms with E-state index in [4.69, 9.17) is 0 Å². The Morgan fingerprint density at radius 2 is 0.651 bits per heavy atom. The molecule has 0 bridgehead atoms. The second-order valence-corrected chi connectivity index (χ2v) is 17.8. The molecular weight excluding hydrogens is 757 g/mol. The summed E-state index contributed by atoms with van der Waals surface area (Å²) in [5, 5.41) is 15.5. The van der Waals surface area contributed by atoms with Gasteiger partial charge in [-0.05, 0) is 137 Å². The van der Waals surface area contributed by atoms with Gasteiger partial charge in [-0.25, -0.2) is 0 Å². The van der Waals surface area contributed by atoms with Crippen LogP contribution in [-0.2, 0) is 5.41 Å². The summed E-state index contributed by atoms with van der Waals surface area (Å²) < 4.78 is 0. The summed E-state index contributed by atoms with van der Waals surface area (Å²) in [6.07, 6.45) is 0. The van der Waals surface area contributed by atoms with Crippen LogP contribution in [0.25, 0.3) is 120 Å². The van der Waals surface area contributed by atoms with Gasteiger partial charge in [-0.15, -0.1) is 0 Å². The summed E-state index contributed by atoms with van der Waals surface area (Å²) in [4.78, 5) is 0. The van der Waals surface area contributed by atoms with Crippen LogP contribution in [0, 0.1) is 0 Å². The standard InChI is InChI=1S/C63H42/c1-63(2)61-43(32-17-33-56(61)60-50-26-11-7-21-45(50)46-22-9-16-31-55(46)62(60)63)39-34-36-40(37-35-39)58-51-27-12-14-29-53(51)59(54-30-15-13-28-52(54)58)49-25-10-8-24-48(49)57-38-41-18-3-4-19-42(41)44-20-5-6-23-47(44)57/h3-38H,1-2H3. The Morgan fingerprint density at radius 3 is 1.29 bits per heavy atom. The zero-order valence-electron chi connectivity index (χ0n) is 35.3. The molecule has 0 saturated carbocycles. The maximum absolute atomic E-state index is 2.43. The van der Waals surface area contributed by atoms with Gasteiger partial charge in [0.1, 0.15) is 0 Å². The van der Waals surface area contributed by atoms with E-state index in [2.05, 4.69) is 232 Å². The molecule has 0 aromatic heterocycles. The van der Waals surface area contributed by atoms with Gasteiger partial charge in [0, 0.05) is 5.41 Å². The predicted molar refractivity (Wildman–Crippen MR) is 271 cm³/mol. The minimum Gasteiger partial charge on any atom is -0.0616 e. The third kappa shape index (κ3) is 5.16. The van der Waals surface area contributed by atoms with Gasteiger partial charge in [-0.3, -0.25) is 0 Å². The second-order valence-electron chi connectivity index (χ2n) is 17.8. The Morgan fingerprint density at radius 1 is 0.238 bits per heavy atom. The maximum Gasteiger partial charge on any atom is 0.0171 e. The Labute approximate surface area is 367 Å². The SMILES string of the molecule is CC1(C)c2c(-c3ccc(-c4c5ccccc5c(-c5ccccc5-c5cc6ccccc6c6ccccc56)c5ccccc45)cc3)cccc2-c2c1c1ccccc1c1ccccc21.